The van der Waals surface area contributed by atoms with E-state index in [1.54, 1.807) is 37.3 Å². The maximum atomic E-state index is 12.1. The van der Waals surface area contributed by atoms with Gasteiger partial charge in [-0.15, -0.1) is 0 Å². The fraction of sp³-hybridized carbons (Fsp3) is 0.211. The van der Waals surface area contributed by atoms with Crippen LogP contribution in [0.25, 0.3) is 5.65 Å². The number of carbonyl (C=O) groups is 2. The van der Waals surface area contributed by atoms with Gasteiger partial charge in [-0.05, 0) is 50.2 Å². The Kier molecular flexibility index (Phi) is 5.17. The van der Waals surface area contributed by atoms with Crippen molar-refractivity contribution in [1.29, 1.82) is 0 Å². The minimum atomic E-state index is -0.392. The summed E-state index contributed by atoms with van der Waals surface area (Å²) in [7, 11) is 0. The Labute approximate surface area is 150 Å². The minimum absolute atomic E-state index is 0.148. The van der Waals surface area contributed by atoms with Crippen LogP contribution in [0.1, 0.15) is 23.0 Å². The average Bonchev–Trinajstić information content (AvgIpc) is 3.01. The van der Waals surface area contributed by atoms with Crippen LogP contribution in [0, 0.1) is 6.92 Å². The summed E-state index contributed by atoms with van der Waals surface area (Å²) in [5.41, 5.74) is 2.53. The Bertz CT molecular complexity index is 932. The summed E-state index contributed by atoms with van der Waals surface area (Å²) in [5.74, 6) is -0.163. The first-order valence-corrected chi connectivity index (χ1v) is 8.21. The van der Waals surface area contributed by atoms with Crippen molar-refractivity contribution in [2.24, 2.45) is 0 Å². The molecule has 0 aliphatic heterocycles. The number of pyridine rings is 1. The third-order valence-electron chi connectivity index (χ3n) is 3.61. The maximum absolute atomic E-state index is 12.1. The lowest BCUT2D eigenvalue weighted by Crippen LogP contribution is -2.20. The molecular weight excluding hydrogens is 334 g/mol. The number of hydrogen-bond acceptors (Lipinski definition) is 5. The number of amides is 1. The number of aromatic nitrogens is 2. The SMILES string of the molecule is CCOC(=O)c1ccc(NC(=O)COc2cccn3cc(C)nc23)cc1. The Balaban J connectivity index is 1.59. The zero-order valence-corrected chi connectivity index (χ0v) is 14.6. The molecule has 134 valence electrons. The molecule has 0 bridgehead atoms. The van der Waals surface area contributed by atoms with Crippen LogP contribution in [0.4, 0.5) is 5.69 Å². The fourth-order valence-corrected chi connectivity index (χ4v) is 2.47. The fourth-order valence-electron chi connectivity index (χ4n) is 2.47. The molecule has 0 radical (unpaired) electrons. The van der Waals surface area contributed by atoms with Crippen LogP contribution in [-0.4, -0.2) is 34.5 Å². The number of esters is 1. The highest BCUT2D eigenvalue weighted by atomic mass is 16.5. The van der Waals surface area contributed by atoms with Crippen molar-refractivity contribution in [3.63, 3.8) is 0 Å². The zero-order chi connectivity index (χ0) is 18.5. The molecule has 0 atom stereocenters. The van der Waals surface area contributed by atoms with Gasteiger partial charge >= 0.3 is 5.97 Å². The van der Waals surface area contributed by atoms with Gasteiger partial charge in [-0.2, -0.15) is 0 Å². The van der Waals surface area contributed by atoms with Crippen LogP contribution >= 0.6 is 0 Å². The van der Waals surface area contributed by atoms with E-state index in [-0.39, 0.29) is 12.5 Å². The highest BCUT2D eigenvalue weighted by Crippen LogP contribution is 2.19. The predicted molar refractivity (Wildman–Crippen MR) is 96.5 cm³/mol. The lowest BCUT2D eigenvalue weighted by Gasteiger charge is -2.09. The molecule has 3 aromatic rings. The summed E-state index contributed by atoms with van der Waals surface area (Å²) in [4.78, 5) is 28.1. The van der Waals surface area contributed by atoms with Gasteiger partial charge in [0.1, 0.15) is 0 Å². The summed E-state index contributed by atoms with van der Waals surface area (Å²) < 4.78 is 12.4. The number of imidazole rings is 1. The van der Waals surface area contributed by atoms with Gasteiger partial charge in [0.05, 0.1) is 17.9 Å². The third kappa shape index (κ3) is 4.00. The Morgan fingerprint density at radius 2 is 1.96 bits per heavy atom. The van der Waals surface area contributed by atoms with Gasteiger partial charge in [0.15, 0.2) is 18.0 Å². The van der Waals surface area contributed by atoms with Crippen molar-refractivity contribution in [2.45, 2.75) is 13.8 Å². The Morgan fingerprint density at radius 1 is 1.19 bits per heavy atom. The first-order valence-electron chi connectivity index (χ1n) is 8.21. The molecule has 1 aromatic carbocycles. The van der Waals surface area contributed by atoms with Gasteiger partial charge in [-0.3, -0.25) is 4.79 Å². The quantitative estimate of drug-likeness (QED) is 0.689. The van der Waals surface area contributed by atoms with E-state index in [1.165, 1.54) is 0 Å². The van der Waals surface area contributed by atoms with Crippen molar-refractivity contribution in [3.8, 4) is 5.75 Å². The summed E-state index contributed by atoms with van der Waals surface area (Å²) >= 11 is 0. The predicted octanol–water partition coefficient (Wildman–Crippen LogP) is 2.84. The molecule has 7 heteroatoms. The molecule has 0 fully saturated rings. The summed E-state index contributed by atoms with van der Waals surface area (Å²) in [6.45, 7) is 3.81. The molecule has 1 N–H and O–H groups in total. The maximum Gasteiger partial charge on any atom is 0.338 e. The highest BCUT2D eigenvalue weighted by Gasteiger charge is 2.10. The molecule has 0 saturated carbocycles. The number of benzene rings is 1. The number of fused-ring (bicyclic) bond motifs is 1. The lowest BCUT2D eigenvalue weighted by molar-refractivity contribution is -0.118. The second-order valence-corrected chi connectivity index (χ2v) is 5.62. The monoisotopic (exact) mass is 353 g/mol. The van der Waals surface area contributed by atoms with Gasteiger partial charge in [-0.25, -0.2) is 9.78 Å². The normalized spacial score (nSPS) is 10.5. The van der Waals surface area contributed by atoms with Crippen molar-refractivity contribution in [3.05, 3.63) is 60.0 Å². The first kappa shape index (κ1) is 17.5. The molecule has 1 amide bonds. The van der Waals surface area contributed by atoms with E-state index in [0.717, 1.165) is 5.69 Å². The lowest BCUT2D eigenvalue weighted by atomic mass is 10.2. The topological polar surface area (TPSA) is 81.9 Å². The van der Waals surface area contributed by atoms with Crippen LogP contribution < -0.4 is 10.1 Å². The second-order valence-electron chi connectivity index (χ2n) is 5.62. The summed E-state index contributed by atoms with van der Waals surface area (Å²) in [5, 5.41) is 2.72. The Morgan fingerprint density at radius 3 is 2.69 bits per heavy atom. The minimum Gasteiger partial charge on any atom is -0.480 e. The molecule has 3 rings (SSSR count). The van der Waals surface area contributed by atoms with E-state index >= 15 is 0 Å². The number of ether oxygens (including phenoxy) is 2. The molecule has 7 nitrogen and oxygen atoms in total. The number of rotatable bonds is 6. The third-order valence-corrected chi connectivity index (χ3v) is 3.61. The molecule has 0 spiro atoms. The van der Waals surface area contributed by atoms with Crippen molar-refractivity contribution in [1.82, 2.24) is 9.38 Å². The highest BCUT2D eigenvalue weighted by molar-refractivity contribution is 5.93. The largest absolute Gasteiger partial charge is 0.480 e. The molecule has 0 aliphatic carbocycles. The summed E-state index contributed by atoms with van der Waals surface area (Å²) in [6.07, 6.45) is 3.75. The van der Waals surface area contributed by atoms with Crippen molar-refractivity contribution in [2.75, 3.05) is 18.5 Å². The number of nitrogens with one attached hydrogen (secondary N) is 1. The molecule has 26 heavy (non-hydrogen) atoms. The standard InChI is InChI=1S/C19H19N3O4/c1-3-25-19(24)14-6-8-15(9-7-14)21-17(23)12-26-16-5-4-10-22-11-13(2)20-18(16)22/h4-11H,3,12H2,1-2H3,(H,21,23). The number of aryl methyl sites for hydroxylation is 1. The second kappa shape index (κ2) is 7.69. The molecule has 0 unspecified atom stereocenters. The smallest absolute Gasteiger partial charge is 0.338 e. The molecule has 0 saturated heterocycles. The van der Waals surface area contributed by atoms with Crippen molar-refractivity contribution >= 4 is 23.2 Å². The molecular formula is C19H19N3O4. The zero-order valence-electron chi connectivity index (χ0n) is 14.6. The average molecular weight is 353 g/mol. The van der Waals surface area contributed by atoms with Gasteiger partial charge in [0.2, 0.25) is 0 Å². The molecule has 0 aliphatic rings. The van der Waals surface area contributed by atoms with E-state index < -0.39 is 5.97 Å². The van der Waals surface area contributed by atoms with Gasteiger partial charge in [0.25, 0.3) is 5.91 Å². The van der Waals surface area contributed by atoms with E-state index in [4.69, 9.17) is 9.47 Å². The van der Waals surface area contributed by atoms with Gasteiger partial charge in [-0.1, -0.05) is 0 Å². The van der Waals surface area contributed by atoms with Crippen LogP contribution in [0.3, 0.4) is 0 Å². The number of hydrogen-bond donors (Lipinski definition) is 1. The van der Waals surface area contributed by atoms with Gasteiger partial charge in [0, 0.05) is 18.1 Å². The van der Waals surface area contributed by atoms with Crippen LogP contribution in [0.5, 0.6) is 5.75 Å². The van der Waals surface area contributed by atoms with E-state index in [1.807, 2.05) is 29.8 Å². The number of nitrogens with zero attached hydrogens (tertiary/aromatic N) is 2. The molecule has 2 heterocycles. The van der Waals surface area contributed by atoms with E-state index in [9.17, 15) is 9.59 Å². The molecule has 2 aromatic heterocycles. The van der Waals surface area contributed by atoms with E-state index in [0.29, 0.717) is 29.3 Å². The Hall–Kier alpha value is -3.35. The van der Waals surface area contributed by atoms with E-state index in [2.05, 4.69) is 10.3 Å². The number of anilines is 1. The van der Waals surface area contributed by atoms with Crippen molar-refractivity contribution < 1.29 is 19.1 Å². The number of carbonyl (C=O) groups excluding carboxylic acids is 2. The van der Waals surface area contributed by atoms with Crippen LogP contribution in [-0.2, 0) is 9.53 Å². The van der Waals surface area contributed by atoms with Crippen LogP contribution in [0.2, 0.25) is 0 Å². The summed E-state index contributed by atoms with van der Waals surface area (Å²) in [6, 6.07) is 10.1. The van der Waals surface area contributed by atoms with Gasteiger partial charge < -0.3 is 19.2 Å². The first-order chi connectivity index (χ1) is 12.6. The van der Waals surface area contributed by atoms with Crippen LogP contribution in [0.15, 0.2) is 48.8 Å².